The molecule has 172 valence electrons. The molecule has 1 aliphatic carbocycles. The Morgan fingerprint density at radius 2 is 1.63 bits per heavy atom. The molecule has 0 unspecified atom stereocenters. The van der Waals surface area contributed by atoms with Gasteiger partial charge in [0, 0.05) is 6.04 Å². The average Bonchev–Trinajstić information content (AvgIpc) is 2.69. The summed E-state index contributed by atoms with van der Waals surface area (Å²) in [5, 5.41) is 3.55. The van der Waals surface area contributed by atoms with Crippen LogP contribution in [-0.2, 0) is 10.0 Å². The molecular formula is C23H40N2O4S. The molecule has 0 aromatic heterocycles. The summed E-state index contributed by atoms with van der Waals surface area (Å²) in [6, 6.07) is 7.88. The molecule has 2 rings (SSSR count). The quantitative estimate of drug-likeness (QED) is 0.478. The van der Waals surface area contributed by atoms with E-state index >= 15 is 0 Å². The van der Waals surface area contributed by atoms with E-state index in [-0.39, 0.29) is 6.04 Å². The maximum atomic E-state index is 12.3. The number of unbranched alkanes of at least 4 members (excludes halogenated alkanes) is 1. The normalized spacial score (nSPS) is 20.1. The third kappa shape index (κ3) is 8.08. The molecule has 6 nitrogen and oxygen atoms in total. The number of sulfonamides is 1. The van der Waals surface area contributed by atoms with E-state index < -0.39 is 14.8 Å². The second-order valence-corrected chi connectivity index (χ2v) is 11.6. The number of hydrogen-bond donors (Lipinski definition) is 2. The zero-order chi connectivity index (χ0) is 22.0. The molecule has 0 bridgehead atoms. The Bertz CT molecular complexity index is 723. The summed E-state index contributed by atoms with van der Waals surface area (Å²) in [7, 11) is -3.26. The van der Waals surface area contributed by atoms with Crippen LogP contribution in [0.25, 0.3) is 0 Å². The molecule has 0 radical (unpaired) electrons. The van der Waals surface area contributed by atoms with E-state index in [9.17, 15) is 8.42 Å². The van der Waals surface area contributed by atoms with Crippen LogP contribution in [0.5, 0.6) is 11.5 Å². The van der Waals surface area contributed by atoms with Gasteiger partial charge < -0.3 is 14.8 Å². The standard InChI is InChI=1S/C23H40N2O4S/c1-5-28-21-10-6-7-11-22(21)29-17-9-8-16-24-18-19-12-14-20(15-13-19)25-30(26,27)23(2,3)4/h6-7,10-11,19-20,24-25H,5,8-9,12-18H2,1-4H3. The van der Waals surface area contributed by atoms with Crippen LogP contribution in [0.4, 0.5) is 0 Å². The first-order chi connectivity index (χ1) is 14.2. The number of rotatable bonds is 12. The van der Waals surface area contributed by atoms with Crippen molar-refractivity contribution in [1.29, 1.82) is 0 Å². The third-order valence-electron chi connectivity index (χ3n) is 5.56. The van der Waals surface area contributed by atoms with E-state index in [0.29, 0.717) is 19.1 Å². The Hall–Kier alpha value is -1.31. The first-order valence-electron chi connectivity index (χ1n) is 11.3. The maximum Gasteiger partial charge on any atom is 0.216 e. The minimum absolute atomic E-state index is 0.0854. The monoisotopic (exact) mass is 440 g/mol. The van der Waals surface area contributed by atoms with Crippen LogP contribution >= 0.6 is 0 Å². The summed E-state index contributed by atoms with van der Waals surface area (Å²) in [6.45, 7) is 10.5. The van der Waals surface area contributed by atoms with Gasteiger partial charge in [0.15, 0.2) is 11.5 Å². The summed E-state index contributed by atoms with van der Waals surface area (Å²) in [5.74, 6) is 2.25. The van der Waals surface area contributed by atoms with Gasteiger partial charge in [0.2, 0.25) is 10.0 Å². The molecule has 0 aliphatic heterocycles. The zero-order valence-electron chi connectivity index (χ0n) is 19.1. The number of nitrogens with one attached hydrogen (secondary N) is 2. The van der Waals surface area contributed by atoms with Crippen molar-refractivity contribution in [3.05, 3.63) is 24.3 Å². The fourth-order valence-electron chi connectivity index (χ4n) is 3.57. The molecule has 1 aliphatic rings. The van der Waals surface area contributed by atoms with Crippen molar-refractivity contribution in [2.24, 2.45) is 5.92 Å². The molecular weight excluding hydrogens is 400 g/mol. The Labute approximate surface area is 183 Å². The lowest BCUT2D eigenvalue weighted by Gasteiger charge is -2.31. The van der Waals surface area contributed by atoms with E-state index in [2.05, 4.69) is 10.0 Å². The fourth-order valence-corrected chi connectivity index (χ4v) is 4.59. The highest BCUT2D eigenvalue weighted by Crippen LogP contribution is 2.27. The topological polar surface area (TPSA) is 76.7 Å². The third-order valence-corrected chi connectivity index (χ3v) is 7.82. The van der Waals surface area contributed by atoms with Crippen LogP contribution in [0.3, 0.4) is 0 Å². The van der Waals surface area contributed by atoms with Gasteiger partial charge >= 0.3 is 0 Å². The fraction of sp³-hybridized carbons (Fsp3) is 0.739. The highest BCUT2D eigenvalue weighted by molar-refractivity contribution is 7.90. The minimum Gasteiger partial charge on any atom is -0.490 e. The molecule has 1 aromatic carbocycles. The summed E-state index contributed by atoms with van der Waals surface area (Å²) in [4.78, 5) is 0. The minimum atomic E-state index is -3.26. The van der Waals surface area contributed by atoms with Crippen molar-refractivity contribution >= 4 is 10.0 Å². The van der Waals surface area contributed by atoms with Gasteiger partial charge in [0.05, 0.1) is 18.0 Å². The van der Waals surface area contributed by atoms with Gasteiger partial charge in [-0.05, 0) is 97.4 Å². The van der Waals surface area contributed by atoms with Crippen LogP contribution < -0.4 is 19.5 Å². The van der Waals surface area contributed by atoms with Gasteiger partial charge in [-0.15, -0.1) is 0 Å². The van der Waals surface area contributed by atoms with E-state index in [4.69, 9.17) is 9.47 Å². The largest absolute Gasteiger partial charge is 0.490 e. The van der Waals surface area contributed by atoms with E-state index in [1.165, 1.54) is 0 Å². The predicted molar refractivity (Wildman–Crippen MR) is 123 cm³/mol. The number of para-hydroxylation sites is 2. The van der Waals surface area contributed by atoms with Crippen molar-refractivity contribution in [3.63, 3.8) is 0 Å². The molecule has 0 spiro atoms. The van der Waals surface area contributed by atoms with Crippen molar-refractivity contribution < 1.29 is 17.9 Å². The SMILES string of the molecule is CCOc1ccccc1OCCCCNCC1CCC(NS(=O)(=O)C(C)(C)C)CC1. The lowest BCUT2D eigenvalue weighted by molar-refractivity contribution is 0.269. The van der Waals surface area contributed by atoms with Crippen molar-refractivity contribution in [1.82, 2.24) is 10.0 Å². The molecule has 0 heterocycles. The summed E-state index contributed by atoms with van der Waals surface area (Å²) < 4.78 is 38.2. The predicted octanol–water partition coefficient (Wildman–Crippen LogP) is 4.11. The van der Waals surface area contributed by atoms with E-state index in [0.717, 1.165) is 63.1 Å². The Morgan fingerprint density at radius 1 is 1.00 bits per heavy atom. The first-order valence-corrected chi connectivity index (χ1v) is 12.8. The molecule has 0 atom stereocenters. The molecule has 0 amide bonds. The summed E-state index contributed by atoms with van der Waals surface area (Å²) in [5.41, 5.74) is 0. The van der Waals surface area contributed by atoms with E-state index in [1.807, 2.05) is 31.2 Å². The molecule has 0 saturated heterocycles. The summed E-state index contributed by atoms with van der Waals surface area (Å²) >= 11 is 0. The second-order valence-electron chi connectivity index (χ2n) is 9.09. The van der Waals surface area contributed by atoms with E-state index in [1.54, 1.807) is 20.8 Å². The average molecular weight is 441 g/mol. The first kappa shape index (κ1) is 25.0. The lowest BCUT2D eigenvalue weighted by Crippen LogP contribution is -2.46. The van der Waals surface area contributed by atoms with Crippen molar-refractivity contribution in [2.45, 2.75) is 77.0 Å². The summed E-state index contributed by atoms with van der Waals surface area (Å²) in [6.07, 6.45) is 6.05. The Balaban J connectivity index is 1.54. The van der Waals surface area contributed by atoms with Gasteiger partial charge in [-0.1, -0.05) is 12.1 Å². The highest BCUT2D eigenvalue weighted by Gasteiger charge is 2.32. The maximum absolute atomic E-state index is 12.3. The van der Waals surface area contributed by atoms with Crippen LogP contribution in [-0.4, -0.2) is 45.5 Å². The smallest absolute Gasteiger partial charge is 0.216 e. The van der Waals surface area contributed by atoms with Crippen LogP contribution in [0.2, 0.25) is 0 Å². The lowest BCUT2D eigenvalue weighted by atomic mass is 9.86. The molecule has 1 aromatic rings. The van der Waals surface area contributed by atoms with Crippen molar-refractivity contribution in [2.75, 3.05) is 26.3 Å². The van der Waals surface area contributed by atoms with Crippen LogP contribution in [0.1, 0.15) is 66.2 Å². The second kappa shape index (κ2) is 11.9. The van der Waals surface area contributed by atoms with Gasteiger partial charge in [-0.25, -0.2) is 13.1 Å². The number of benzene rings is 1. The van der Waals surface area contributed by atoms with Crippen LogP contribution in [0.15, 0.2) is 24.3 Å². The Morgan fingerprint density at radius 3 is 2.23 bits per heavy atom. The molecule has 1 saturated carbocycles. The Kier molecular flexibility index (Phi) is 9.91. The number of ether oxygens (including phenoxy) is 2. The molecule has 1 fully saturated rings. The molecule has 30 heavy (non-hydrogen) atoms. The van der Waals surface area contributed by atoms with Gasteiger partial charge in [0.25, 0.3) is 0 Å². The highest BCUT2D eigenvalue weighted by atomic mass is 32.2. The van der Waals surface area contributed by atoms with Crippen LogP contribution in [0, 0.1) is 5.92 Å². The van der Waals surface area contributed by atoms with Gasteiger partial charge in [-0.2, -0.15) is 0 Å². The number of hydrogen-bond acceptors (Lipinski definition) is 5. The molecule has 2 N–H and O–H groups in total. The van der Waals surface area contributed by atoms with Gasteiger partial charge in [-0.3, -0.25) is 0 Å². The molecule has 7 heteroatoms. The van der Waals surface area contributed by atoms with Gasteiger partial charge in [0.1, 0.15) is 0 Å². The van der Waals surface area contributed by atoms with Crippen molar-refractivity contribution in [3.8, 4) is 11.5 Å². The zero-order valence-corrected chi connectivity index (χ0v) is 19.9.